The number of phenolic OH excluding ortho intramolecular Hbond substituents is 2. The first-order valence-corrected chi connectivity index (χ1v) is 8.62. The van der Waals surface area contributed by atoms with Crippen molar-refractivity contribution in [1.82, 2.24) is 5.32 Å². The maximum Gasteiger partial charge on any atom is 0.118 e. The molecular formula is C16H16Cl4N2O2. The zero-order valence-corrected chi connectivity index (χ0v) is 15.7. The number of aromatic hydroxyl groups is 2. The Morgan fingerprint density at radius 1 is 0.875 bits per heavy atom. The first kappa shape index (κ1) is 19.4. The maximum absolute atomic E-state index is 9.61. The summed E-state index contributed by atoms with van der Waals surface area (Å²) in [5.74, 6) is -0.0973. The van der Waals surface area contributed by atoms with Gasteiger partial charge >= 0.3 is 0 Å². The van der Waals surface area contributed by atoms with Crippen molar-refractivity contribution < 1.29 is 10.2 Å². The third-order valence-corrected chi connectivity index (χ3v) is 4.81. The minimum absolute atomic E-state index is 0.0433. The largest absolute Gasteiger partial charge is 0.508 e. The Morgan fingerprint density at radius 3 is 1.62 bits per heavy atom. The third-order valence-electron chi connectivity index (χ3n) is 3.56. The third kappa shape index (κ3) is 4.02. The highest BCUT2D eigenvalue weighted by Gasteiger charge is 2.28. The van der Waals surface area contributed by atoms with Gasteiger partial charge in [0.15, 0.2) is 0 Å². The standard InChI is InChI=1S/C16H16Cl4N2O2/c1-2-22-16(14-11(19)5-8(24)6-12(14)20)15(21)13-9(17)3-7(23)4-10(13)18/h3-6,15-16,22-24H,2,21H2,1H3/t15-,16+/m0/s1. The molecule has 2 aromatic carbocycles. The van der Waals surface area contributed by atoms with Crippen molar-refractivity contribution in [2.45, 2.75) is 19.0 Å². The summed E-state index contributed by atoms with van der Waals surface area (Å²) in [5, 5.41) is 23.4. The fourth-order valence-corrected chi connectivity index (χ4v) is 3.99. The second-order valence-corrected chi connectivity index (χ2v) is 6.84. The van der Waals surface area contributed by atoms with Crippen LogP contribution in [0.4, 0.5) is 0 Å². The van der Waals surface area contributed by atoms with E-state index in [4.69, 9.17) is 52.1 Å². The van der Waals surface area contributed by atoms with Gasteiger partial charge in [-0.2, -0.15) is 0 Å². The Morgan fingerprint density at radius 2 is 1.25 bits per heavy atom. The number of rotatable bonds is 5. The highest BCUT2D eigenvalue weighted by atomic mass is 35.5. The molecule has 24 heavy (non-hydrogen) atoms. The van der Waals surface area contributed by atoms with E-state index in [2.05, 4.69) is 5.32 Å². The molecule has 4 nitrogen and oxygen atoms in total. The minimum Gasteiger partial charge on any atom is -0.508 e. The quantitative estimate of drug-likeness (QED) is 0.556. The number of hydrogen-bond donors (Lipinski definition) is 4. The van der Waals surface area contributed by atoms with Gasteiger partial charge in [0.05, 0.1) is 32.2 Å². The molecule has 2 atom stereocenters. The molecule has 0 aliphatic rings. The predicted molar refractivity (Wildman–Crippen MR) is 99.6 cm³/mol. The molecule has 0 aliphatic heterocycles. The number of phenols is 2. The molecule has 0 amide bonds. The monoisotopic (exact) mass is 408 g/mol. The molecular weight excluding hydrogens is 394 g/mol. The molecule has 0 bridgehead atoms. The van der Waals surface area contributed by atoms with E-state index in [1.165, 1.54) is 24.3 Å². The molecule has 2 rings (SSSR count). The zero-order chi connectivity index (χ0) is 18.0. The van der Waals surface area contributed by atoms with Crippen LogP contribution in [-0.4, -0.2) is 16.8 Å². The van der Waals surface area contributed by atoms with Crippen molar-refractivity contribution in [1.29, 1.82) is 0 Å². The second kappa shape index (κ2) is 8.00. The lowest BCUT2D eigenvalue weighted by atomic mass is 9.93. The van der Waals surface area contributed by atoms with Crippen molar-refractivity contribution in [3.8, 4) is 11.5 Å². The fourth-order valence-electron chi connectivity index (χ4n) is 2.55. The van der Waals surface area contributed by atoms with Crippen LogP contribution in [0.3, 0.4) is 0 Å². The Kier molecular flexibility index (Phi) is 6.48. The maximum atomic E-state index is 9.61. The normalized spacial score (nSPS) is 13.8. The summed E-state index contributed by atoms with van der Waals surface area (Å²) < 4.78 is 0. The van der Waals surface area contributed by atoms with Crippen LogP contribution >= 0.6 is 46.4 Å². The zero-order valence-electron chi connectivity index (χ0n) is 12.7. The van der Waals surface area contributed by atoms with Gasteiger partial charge in [-0.3, -0.25) is 0 Å². The molecule has 0 saturated heterocycles. The summed E-state index contributed by atoms with van der Waals surface area (Å²) in [6.45, 7) is 2.49. The minimum atomic E-state index is -0.690. The SMILES string of the molecule is CCN[C@H](c1c(Cl)cc(O)cc1Cl)[C@@H](N)c1c(Cl)cc(O)cc1Cl. The molecule has 0 saturated carbocycles. The summed E-state index contributed by atoms with van der Waals surface area (Å²) in [4.78, 5) is 0. The van der Waals surface area contributed by atoms with Crippen LogP contribution in [0.25, 0.3) is 0 Å². The summed E-state index contributed by atoms with van der Waals surface area (Å²) >= 11 is 24.9. The van der Waals surface area contributed by atoms with Crippen molar-refractivity contribution in [2.75, 3.05) is 6.54 Å². The highest BCUT2D eigenvalue weighted by molar-refractivity contribution is 6.37. The first-order valence-electron chi connectivity index (χ1n) is 7.11. The molecule has 0 heterocycles. The molecule has 130 valence electrons. The molecule has 0 fully saturated rings. The average Bonchev–Trinajstić information content (AvgIpc) is 2.44. The number of halogens is 4. The molecule has 0 aliphatic carbocycles. The van der Waals surface area contributed by atoms with Gasteiger partial charge < -0.3 is 21.3 Å². The Bertz CT molecular complexity index is 709. The van der Waals surface area contributed by atoms with Crippen LogP contribution < -0.4 is 11.1 Å². The molecule has 8 heteroatoms. The lowest BCUT2D eigenvalue weighted by Gasteiger charge is -2.28. The van der Waals surface area contributed by atoms with Gasteiger partial charge in [0.25, 0.3) is 0 Å². The van der Waals surface area contributed by atoms with E-state index in [-0.39, 0.29) is 31.6 Å². The second-order valence-electron chi connectivity index (χ2n) is 5.21. The van der Waals surface area contributed by atoms with Gasteiger partial charge in [-0.25, -0.2) is 0 Å². The highest BCUT2D eigenvalue weighted by Crippen LogP contribution is 2.42. The van der Waals surface area contributed by atoms with Crippen LogP contribution in [0.5, 0.6) is 11.5 Å². The average molecular weight is 410 g/mol. The van der Waals surface area contributed by atoms with E-state index in [0.717, 1.165) is 0 Å². The van der Waals surface area contributed by atoms with E-state index in [1.807, 2.05) is 6.92 Å². The van der Waals surface area contributed by atoms with E-state index >= 15 is 0 Å². The lowest BCUT2D eigenvalue weighted by molar-refractivity contribution is 0.457. The Labute approximate surface area is 160 Å². The van der Waals surface area contributed by atoms with Crippen molar-refractivity contribution in [3.05, 3.63) is 55.5 Å². The topological polar surface area (TPSA) is 78.5 Å². The van der Waals surface area contributed by atoms with Gasteiger partial charge in [-0.15, -0.1) is 0 Å². The van der Waals surface area contributed by atoms with Gasteiger partial charge in [0, 0.05) is 11.1 Å². The number of nitrogens with two attached hydrogens (primary N) is 1. The molecule has 2 aromatic rings. The van der Waals surface area contributed by atoms with Crippen LogP contribution in [0.2, 0.25) is 20.1 Å². The number of nitrogens with one attached hydrogen (secondary N) is 1. The fraction of sp³-hybridized carbons (Fsp3) is 0.250. The van der Waals surface area contributed by atoms with E-state index in [1.54, 1.807) is 0 Å². The van der Waals surface area contributed by atoms with Crippen LogP contribution in [0, 0.1) is 0 Å². The van der Waals surface area contributed by atoms with Crippen LogP contribution in [0.1, 0.15) is 30.1 Å². The van der Waals surface area contributed by atoms with Gasteiger partial charge in [-0.1, -0.05) is 53.3 Å². The summed E-state index contributed by atoms with van der Waals surface area (Å²) in [6.07, 6.45) is 0. The van der Waals surface area contributed by atoms with Crippen molar-refractivity contribution in [2.24, 2.45) is 5.73 Å². The van der Waals surface area contributed by atoms with E-state index < -0.39 is 12.1 Å². The number of hydrogen-bond acceptors (Lipinski definition) is 4. The van der Waals surface area contributed by atoms with Gasteiger partial charge in [0.1, 0.15) is 11.5 Å². The molecule has 5 N–H and O–H groups in total. The molecule has 0 spiro atoms. The smallest absolute Gasteiger partial charge is 0.118 e. The molecule has 0 radical (unpaired) electrons. The van der Waals surface area contributed by atoms with Crippen LogP contribution in [-0.2, 0) is 0 Å². The summed E-state index contributed by atoms with van der Waals surface area (Å²) in [7, 11) is 0. The summed E-state index contributed by atoms with van der Waals surface area (Å²) in [6, 6.07) is 4.32. The van der Waals surface area contributed by atoms with Gasteiger partial charge in [0.2, 0.25) is 0 Å². The van der Waals surface area contributed by atoms with Gasteiger partial charge in [-0.05, 0) is 30.8 Å². The Balaban J connectivity index is 2.57. The van der Waals surface area contributed by atoms with E-state index in [0.29, 0.717) is 17.7 Å². The van der Waals surface area contributed by atoms with E-state index in [9.17, 15) is 10.2 Å². The lowest BCUT2D eigenvalue weighted by Crippen LogP contribution is -2.32. The first-order chi connectivity index (χ1) is 11.3. The summed E-state index contributed by atoms with van der Waals surface area (Å²) in [5.41, 5.74) is 7.39. The Hall–Kier alpha value is -0.880. The van der Waals surface area contributed by atoms with Crippen molar-refractivity contribution >= 4 is 46.4 Å². The molecule has 0 unspecified atom stereocenters. The van der Waals surface area contributed by atoms with Crippen molar-refractivity contribution in [3.63, 3.8) is 0 Å². The number of benzene rings is 2. The predicted octanol–water partition coefficient (Wildman–Crippen LogP) is 5.06. The number of likely N-dealkylation sites (N-methyl/N-ethyl adjacent to an activating group) is 1. The molecule has 0 aromatic heterocycles. The van der Waals surface area contributed by atoms with Crippen LogP contribution in [0.15, 0.2) is 24.3 Å².